The molecule has 0 spiro atoms. The summed E-state index contributed by atoms with van der Waals surface area (Å²) in [5.41, 5.74) is 3.51. The van der Waals surface area contributed by atoms with E-state index in [0.29, 0.717) is 52.1 Å². The zero-order valence-electron chi connectivity index (χ0n) is 21.7. The van der Waals surface area contributed by atoms with E-state index in [1.165, 1.54) is 23.1 Å². The summed E-state index contributed by atoms with van der Waals surface area (Å²) < 4.78 is 56.8. The monoisotopic (exact) mass is 563 g/mol. The lowest BCUT2D eigenvalue weighted by Crippen LogP contribution is -2.34. The van der Waals surface area contributed by atoms with E-state index >= 15 is 0 Å². The van der Waals surface area contributed by atoms with Crippen LogP contribution >= 0.6 is 0 Å². The van der Waals surface area contributed by atoms with Gasteiger partial charge in [0.1, 0.15) is 35.8 Å². The van der Waals surface area contributed by atoms with Crippen LogP contribution in [0.3, 0.4) is 0 Å². The molecule has 4 heterocycles. The van der Waals surface area contributed by atoms with E-state index in [0.717, 1.165) is 24.3 Å². The maximum absolute atomic E-state index is 14.1. The van der Waals surface area contributed by atoms with Crippen LogP contribution in [0.4, 0.5) is 17.6 Å². The normalized spacial score (nSPS) is 13.9. The summed E-state index contributed by atoms with van der Waals surface area (Å²) in [5.74, 6) is -2.01. The van der Waals surface area contributed by atoms with E-state index in [-0.39, 0.29) is 18.7 Å². The maximum Gasteiger partial charge on any atom is 0.282 e. The zero-order chi connectivity index (χ0) is 28.5. The van der Waals surface area contributed by atoms with Crippen molar-refractivity contribution in [2.24, 2.45) is 0 Å². The number of hydrogen-bond acceptors (Lipinski definition) is 5. The third-order valence-electron chi connectivity index (χ3n) is 7.27. The van der Waals surface area contributed by atoms with Gasteiger partial charge in [-0.2, -0.15) is 5.10 Å². The molecule has 0 saturated heterocycles. The smallest absolute Gasteiger partial charge is 0.282 e. The van der Waals surface area contributed by atoms with Crippen molar-refractivity contribution >= 4 is 16.9 Å². The topological polar surface area (TPSA) is 101 Å². The van der Waals surface area contributed by atoms with E-state index in [4.69, 9.17) is 0 Å². The third kappa shape index (κ3) is 5.54. The van der Waals surface area contributed by atoms with Crippen LogP contribution in [0.1, 0.15) is 53.5 Å². The number of H-pyrrole nitrogens is 1. The molecule has 0 fully saturated rings. The SMILES string of the molecule is O=C(Cn1nc(C(F)F)c2c1CCCC2)NC(Cc1cc(F)cc(F)c1)c1ncncc1-c1cnc2[nH]ccc2c1. The van der Waals surface area contributed by atoms with Crippen molar-refractivity contribution in [2.45, 2.75) is 51.1 Å². The number of pyridine rings is 1. The Morgan fingerprint density at radius 2 is 1.83 bits per heavy atom. The molecule has 8 nitrogen and oxygen atoms in total. The molecule has 1 aromatic carbocycles. The highest BCUT2D eigenvalue weighted by Crippen LogP contribution is 2.32. The molecular weight excluding hydrogens is 538 g/mol. The van der Waals surface area contributed by atoms with Gasteiger partial charge in [-0.3, -0.25) is 9.48 Å². The standard InChI is InChI=1S/C29H25F4N7O/c30-19-7-16(8-20(31)11-19)9-23(26-22(13-34-15-37-26)18-10-17-5-6-35-29(17)36-12-18)38-25(41)14-40-24-4-2-1-3-21(24)27(39-40)28(32)33/h5-8,10-13,15,23,28H,1-4,9,14H2,(H,35,36)(H,38,41). The molecule has 1 unspecified atom stereocenters. The van der Waals surface area contributed by atoms with Gasteiger partial charge in [-0.25, -0.2) is 32.5 Å². The lowest BCUT2D eigenvalue weighted by molar-refractivity contribution is -0.122. The van der Waals surface area contributed by atoms with Crippen LogP contribution < -0.4 is 5.32 Å². The Morgan fingerprint density at radius 1 is 1.02 bits per heavy atom. The van der Waals surface area contributed by atoms with E-state index in [1.807, 2.05) is 12.1 Å². The average Bonchev–Trinajstić information content (AvgIpc) is 3.57. The molecule has 1 atom stereocenters. The van der Waals surface area contributed by atoms with Crippen LogP contribution in [-0.2, 0) is 30.6 Å². The molecule has 210 valence electrons. The highest BCUT2D eigenvalue weighted by molar-refractivity contribution is 5.82. The summed E-state index contributed by atoms with van der Waals surface area (Å²) >= 11 is 0. The fourth-order valence-electron chi connectivity index (χ4n) is 5.49. The Morgan fingerprint density at radius 3 is 2.63 bits per heavy atom. The van der Waals surface area contributed by atoms with Gasteiger partial charge in [0.15, 0.2) is 0 Å². The Kier molecular flexibility index (Phi) is 7.21. The minimum atomic E-state index is -2.74. The van der Waals surface area contributed by atoms with Crippen molar-refractivity contribution in [3.8, 4) is 11.1 Å². The molecular formula is C29H25F4N7O. The number of alkyl halides is 2. The van der Waals surface area contributed by atoms with Crippen molar-refractivity contribution in [3.05, 3.63) is 95.1 Å². The van der Waals surface area contributed by atoms with E-state index in [2.05, 4.69) is 30.4 Å². The maximum atomic E-state index is 14.1. The molecule has 0 aliphatic heterocycles. The number of rotatable bonds is 8. The Bertz CT molecular complexity index is 1710. The Hall–Kier alpha value is -4.61. The molecule has 6 rings (SSSR count). The quantitative estimate of drug-likeness (QED) is 0.246. The van der Waals surface area contributed by atoms with Gasteiger partial charge < -0.3 is 10.3 Å². The fraction of sp³-hybridized carbons (Fsp3) is 0.276. The predicted molar refractivity (Wildman–Crippen MR) is 142 cm³/mol. The van der Waals surface area contributed by atoms with Gasteiger partial charge in [-0.1, -0.05) is 0 Å². The van der Waals surface area contributed by atoms with Gasteiger partial charge in [0.25, 0.3) is 6.43 Å². The van der Waals surface area contributed by atoms with Gasteiger partial charge in [0.2, 0.25) is 5.91 Å². The van der Waals surface area contributed by atoms with Gasteiger partial charge in [-0.15, -0.1) is 0 Å². The summed E-state index contributed by atoms with van der Waals surface area (Å²) in [4.78, 5) is 29.5. The molecule has 41 heavy (non-hydrogen) atoms. The van der Waals surface area contributed by atoms with Crippen molar-refractivity contribution in [3.63, 3.8) is 0 Å². The van der Waals surface area contributed by atoms with Crippen molar-refractivity contribution in [1.82, 2.24) is 35.0 Å². The number of aromatic nitrogens is 6. The summed E-state index contributed by atoms with van der Waals surface area (Å²) in [6.45, 7) is -0.291. The lowest BCUT2D eigenvalue weighted by atomic mass is 9.95. The molecule has 1 aliphatic rings. The lowest BCUT2D eigenvalue weighted by Gasteiger charge is -2.22. The first-order chi connectivity index (χ1) is 19.9. The summed E-state index contributed by atoms with van der Waals surface area (Å²) in [7, 11) is 0. The zero-order valence-corrected chi connectivity index (χ0v) is 21.7. The molecule has 5 aromatic rings. The number of carbonyl (C=O) groups is 1. The Labute approximate surface area is 231 Å². The number of fused-ring (bicyclic) bond motifs is 2. The second-order valence-electron chi connectivity index (χ2n) is 10.0. The molecule has 1 aliphatic carbocycles. The van der Waals surface area contributed by atoms with Gasteiger partial charge >= 0.3 is 0 Å². The minimum absolute atomic E-state index is 0.00373. The summed E-state index contributed by atoms with van der Waals surface area (Å²) in [5, 5.41) is 7.84. The van der Waals surface area contributed by atoms with Crippen LogP contribution in [0.2, 0.25) is 0 Å². The number of halogens is 4. The highest BCUT2D eigenvalue weighted by Gasteiger charge is 2.28. The van der Waals surface area contributed by atoms with Crippen LogP contribution in [0.15, 0.2) is 55.2 Å². The molecule has 4 aromatic heterocycles. The average molecular weight is 564 g/mol. The second-order valence-corrected chi connectivity index (χ2v) is 10.0. The number of carbonyl (C=O) groups excluding carboxylic acids is 1. The van der Waals surface area contributed by atoms with Crippen LogP contribution in [-0.4, -0.2) is 35.6 Å². The highest BCUT2D eigenvalue weighted by atomic mass is 19.3. The number of nitrogens with zero attached hydrogens (tertiary/aromatic N) is 5. The van der Waals surface area contributed by atoms with Crippen molar-refractivity contribution < 1.29 is 22.4 Å². The largest absolute Gasteiger partial charge is 0.346 e. The molecule has 1 amide bonds. The van der Waals surface area contributed by atoms with Crippen molar-refractivity contribution in [2.75, 3.05) is 0 Å². The number of hydrogen-bond donors (Lipinski definition) is 2. The van der Waals surface area contributed by atoms with Crippen LogP contribution in [0, 0.1) is 11.6 Å². The summed E-state index contributed by atoms with van der Waals surface area (Å²) in [6.07, 6.45) is 6.24. The first-order valence-corrected chi connectivity index (χ1v) is 13.2. The number of aromatic amines is 1. The summed E-state index contributed by atoms with van der Waals surface area (Å²) in [6, 6.07) is 6.06. The predicted octanol–water partition coefficient (Wildman–Crippen LogP) is 5.41. The van der Waals surface area contributed by atoms with Crippen LogP contribution in [0.25, 0.3) is 22.2 Å². The van der Waals surface area contributed by atoms with Gasteiger partial charge in [-0.05, 0) is 61.9 Å². The molecule has 0 saturated carbocycles. The molecule has 0 radical (unpaired) electrons. The van der Waals surface area contributed by atoms with Gasteiger partial charge in [0.05, 0.1) is 11.7 Å². The van der Waals surface area contributed by atoms with Crippen LogP contribution in [0.5, 0.6) is 0 Å². The first kappa shape index (κ1) is 26.6. The molecule has 2 N–H and O–H groups in total. The van der Waals surface area contributed by atoms with E-state index in [1.54, 1.807) is 18.6 Å². The number of amides is 1. The van der Waals surface area contributed by atoms with E-state index < -0.39 is 30.0 Å². The van der Waals surface area contributed by atoms with Gasteiger partial charge in [0, 0.05) is 52.4 Å². The molecule has 12 heteroatoms. The minimum Gasteiger partial charge on any atom is -0.346 e. The fourth-order valence-corrected chi connectivity index (χ4v) is 5.49. The number of nitrogens with one attached hydrogen (secondary N) is 2. The van der Waals surface area contributed by atoms with E-state index in [9.17, 15) is 22.4 Å². The van der Waals surface area contributed by atoms with Crippen molar-refractivity contribution in [1.29, 1.82) is 0 Å². The second kappa shape index (κ2) is 11.1. The Balaban J connectivity index is 1.35. The first-order valence-electron chi connectivity index (χ1n) is 13.2. The number of benzene rings is 1. The third-order valence-corrected chi connectivity index (χ3v) is 7.27. The molecule has 0 bridgehead atoms.